The van der Waals surface area contributed by atoms with Gasteiger partial charge < -0.3 is 20.1 Å². The summed E-state index contributed by atoms with van der Waals surface area (Å²) in [6.45, 7) is 4.18. The van der Waals surface area contributed by atoms with Crippen LogP contribution in [-0.4, -0.2) is 78.5 Å². The van der Waals surface area contributed by atoms with Crippen LogP contribution in [0.1, 0.15) is 49.6 Å². The maximum Gasteiger partial charge on any atom is 0.468 e. The number of hydrogen-bond acceptors (Lipinski definition) is 10. The predicted molar refractivity (Wildman–Crippen MR) is 174 cm³/mol. The number of aromatic nitrogens is 3. The van der Waals surface area contributed by atoms with Gasteiger partial charge in [0, 0.05) is 49.6 Å². The van der Waals surface area contributed by atoms with Gasteiger partial charge in [-0.05, 0) is 68.2 Å². The summed E-state index contributed by atoms with van der Waals surface area (Å²) in [4.78, 5) is 44.6. The fraction of sp³-hybridized carbons (Fsp3) is 0.375. The van der Waals surface area contributed by atoms with Gasteiger partial charge in [0.2, 0.25) is 5.91 Å². The van der Waals surface area contributed by atoms with E-state index in [-0.39, 0.29) is 29.4 Å². The summed E-state index contributed by atoms with van der Waals surface area (Å²) >= 11 is 1.31. The quantitative estimate of drug-likeness (QED) is 0.237. The van der Waals surface area contributed by atoms with E-state index in [1.807, 2.05) is 42.6 Å². The number of nitrogens with zero attached hydrogens (tertiary/aromatic N) is 5. The molecule has 2 aliphatic rings. The largest absolute Gasteiger partial charge is 0.481 e. The lowest BCUT2D eigenvalue weighted by atomic mass is 9.77. The number of carbonyl (C=O) groups is 2. The van der Waals surface area contributed by atoms with Crippen LogP contribution >= 0.6 is 11.8 Å². The number of carboxylic acids is 1. The highest BCUT2D eigenvalue weighted by molar-refractivity contribution is 8.01. The van der Waals surface area contributed by atoms with Crippen LogP contribution in [0.5, 0.6) is 0 Å². The van der Waals surface area contributed by atoms with Crippen molar-refractivity contribution in [2.75, 3.05) is 11.9 Å². The number of amides is 1. The number of aliphatic carboxylic acids is 1. The summed E-state index contributed by atoms with van der Waals surface area (Å²) in [5.41, 5.74) is 2.95. The fourth-order valence-electron chi connectivity index (χ4n) is 5.43. The minimum atomic E-state index is -1.13. The van der Waals surface area contributed by atoms with Gasteiger partial charge in [0.1, 0.15) is 5.03 Å². The summed E-state index contributed by atoms with van der Waals surface area (Å²) < 4.78 is 5.50. The van der Waals surface area contributed by atoms with Crippen molar-refractivity contribution in [2.24, 2.45) is 4.99 Å². The molecule has 13 heteroatoms. The van der Waals surface area contributed by atoms with E-state index in [4.69, 9.17) is 14.8 Å². The third-order valence-electron chi connectivity index (χ3n) is 7.61. The molecule has 1 saturated heterocycles. The van der Waals surface area contributed by atoms with Crippen LogP contribution in [0.3, 0.4) is 0 Å². The number of thioether (sulfide) groups is 1. The Morgan fingerprint density at radius 3 is 2.60 bits per heavy atom. The Morgan fingerprint density at radius 2 is 1.91 bits per heavy atom. The molecular formula is C32H37BN6O5S. The lowest BCUT2D eigenvalue weighted by Crippen LogP contribution is -2.42. The van der Waals surface area contributed by atoms with E-state index < -0.39 is 19.2 Å². The van der Waals surface area contributed by atoms with Gasteiger partial charge in [-0.15, -0.1) is 11.8 Å². The number of dihydropyridines is 1. The van der Waals surface area contributed by atoms with Crippen molar-refractivity contribution in [3.63, 3.8) is 0 Å². The number of allylic oxidation sites excluding steroid dienone is 1. The first-order valence-corrected chi connectivity index (χ1v) is 15.9. The number of aliphatic imine (C=N–C) groups is 1. The molecule has 5 heterocycles. The Hall–Kier alpha value is -3.91. The Morgan fingerprint density at radius 1 is 1.09 bits per heavy atom. The predicted octanol–water partition coefficient (Wildman–Crippen LogP) is 3.98. The van der Waals surface area contributed by atoms with Crippen LogP contribution in [-0.2, 0) is 33.8 Å². The topological polar surface area (TPSA) is 150 Å². The van der Waals surface area contributed by atoms with Crippen molar-refractivity contribution in [1.82, 2.24) is 19.9 Å². The van der Waals surface area contributed by atoms with E-state index in [2.05, 4.69) is 38.2 Å². The summed E-state index contributed by atoms with van der Waals surface area (Å²) in [6.07, 6.45) is 12.6. The van der Waals surface area contributed by atoms with Gasteiger partial charge in [0.25, 0.3) is 0 Å². The summed E-state index contributed by atoms with van der Waals surface area (Å²) in [5.74, 6) is -1.17. The number of carboxylic acid groups (broad SMARTS) is 1. The highest BCUT2D eigenvalue weighted by atomic mass is 32.2. The zero-order chi connectivity index (χ0) is 31.6. The Labute approximate surface area is 267 Å². The number of hydrogen-bond donors (Lipinski definition) is 3. The number of nitrogens with one attached hydrogen (secondary N) is 1. The van der Waals surface area contributed by atoms with Crippen LogP contribution in [0.15, 0.2) is 83.2 Å². The molecule has 0 radical (unpaired) electrons. The Balaban J connectivity index is 1.17. The zero-order valence-electron chi connectivity index (χ0n) is 25.2. The first kappa shape index (κ1) is 32.5. The molecule has 0 aliphatic carbocycles. The molecule has 0 spiro atoms. The molecule has 3 aromatic heterocycles. The van der Waals surface area contributed by atoms with Crippen molar-refractivity contribution in [3.8, 4) is 0 Å². The fourth-order valence-corrected chi connectivity index (χ4v) is 6.52. The van der Waals surface area contributed by atoms with Crippen LogP contribution in [0, 0.1) is 0 Å². The van der Waals surface area contributed by atoms with E-state index >= 15 is 0 Å². The molecule has 5 rings (SSSR count). The van der Waals surface area contributed by atoms with Gasteiger partial charge >= 0.3 is 13.1 Å². The number of rotatable bonds is 13. The highest BCUT2D eigenvalue weighted by Gasteiger charge is 2.37. The minimum absolute atomic E-state index is 0.134. The second-order valence-corrected chi connectivity index (χ2v) is 12.8. The highest BCUT2D eigenvalue weighted by Crippen LogP contribution is 2.35. The molecule has 0 aromatic carbocycles. The molecule has 0 saturated carbocycles. The van der Waals surface area contributed by atoms with E-state index in [1.54, 1.807) is 30.7 Å². The lowest BCUT2D eigenvalue weighted by molar-refractivity contribution is -0.139. The Kier molecular flexibility index (Phi) is 11.1. The van der Waals surface area contributed by atoms with Crippen LogP contribution in [0.25, 0.3) is 0 Å². The molecule has 3 N–H and O–H groups in total. The molecular weight excluding hydrogens is 591 g/mol. The van der Waals surface area contributed by atoms with E-state index in [0.717, 1.165) is 29.9 Å². The van der Waals surface area contributed by atoms with Gasteiger partial charge in [-0.2, -0.15) is 0 Å². The average molecular weight is 629 g/mol. The Bertz CT molecular complexity index is 1510. The van der Waals surface area contributed by atoms with Crippen molar-refractivity contribution >= 4 is 42.7 Å². The van der Waals surface area contributed by atoms with Crippen molar-refractivity contribution < 1.29 is 24.4 Å². The smallest absolute Gasteiger partial charge is 0.468 e. The monoisotopic (exact) mass is 628 g/mol. The van der Waals surface area contributed by atoms with Gasteiger partial charge in [-0.1, -0.05) is 18.2 Å². The molecule has 11 nitrogen and oxygen atoms in total. The lowest BCUT2D eigenvalue weighted by Gasteiger charge is -2.32. The van der Waals surface area contributed by atoms with Gasteiger partial charge in [-0.3, -0.25) is 29.4 Å². The first-order chi connectivity index (χ1) is 21.7. The van der Waals surface area contributed by atoms with Crippen LogP contribution < -0.4 is 5.32 Å². The normalized spacial score (nSPS) is 21.2. The third-order valence-corrected chi connectivity index (χ3v) is 8.93. The minimum Gasteiger partial charge on any atom is -0.481 e. The second-order valence-electron chi connectivity index (χ2n) is 11.6. The first-order valence-electron chi connectivity index (χ1n) is 15.0. The summed E-state index contributed by atoms with van der Waals surface area (Å²) in [5, 5.41) is 22.6. The zero-order valence-corrected chi connectivity index (χ0v) is 26.0. The SMILES string of the molecule is CC1(CN(Cc2ccccn2)Cc2ccc(CC(=O)Nc3cccnc3S[C@H]3CC[C@@H](CC(=O)O)OB3O)cn2)CC=CC=N1. The average Bonchev–Trinajstić information content (AvgIpc) is 3.01. The summed E-state index contributed by atoms with van der Waals surface area (Å²) in [6, 6.07) is 13.3. The molecule has 3 aromatic rings. The van der Waals surface area contributed by atoms with E-state index in [1.165, 1.54) is 11.8 Å². The summed E-state index contributed by atoms with van der Waals surface area (Å²) in [7, 11) is -1.13. The molecule has 1 fully saturated rings. The van der Waals surface area contributed by atoms with Gasteiger partial charge in [0.15, 0.2) is 0 Å². The molecule has 234 valence electrons. The molecule has 1 amide bonds. The number of anilines is 1. The van der Waals surface area contributed by atoms with E-state index in [0.29, 0.717) is 36.6 Å². The van der Waals surface area contributed by atoms with Gasteiger partial charge in [-0.25, -0.2) is 4.98 Å². The number of pyridine rings is 3. The second kappa shape index (κ2) is 15.4. The standard InChI is InChI=1S/C32H37BN6O5S/c1-32(13-3-5-16-37-32)22-39(20-24-7-2-4-14-34-24)21-25-10-9-23(19-36-25)17-29(40)38-27-8-6-15-35-31(27)45-28-12-11-26(18-30(41)42)44-33(28)43/h2-10,14-16,19,26,28,43H,11-13,17-18,20-22H2,1H3,(H,38,40)(H,41,42)/t26-,28-,32?/m0/s1. The maximum atomic E-state index is 13.0. The molecule has 0 bridgehead atoms. The van der Waals surface area contributed by atoms with Crippen LogP contribution in [0.4, 0.5) is 5.69 Å². The molecule has 3 atom stereocenters. The molecule has 1 unspecified atom stereocenters. The number of carbonyl (C=O) groups excluding carboxylic acids is 1. The van der Waals surface area contributed by atoms with Gasteiger partial charge in [0.05, 0.1) is 41.6 Å². The molecule has 2 aliphatic heterocycles. The third kappa shape index (κ3) is 9.79. The molecule has 45 heavy (non-hydrogen) atoms. The van der Waals surface area contributed by atoms with Crippen molar-refractivity contribution in [2.45, 2.75) is 73.9 Å². The van der Waals surface area contributed by atoms with Crippen molar-refractivity contribution in [1.29, 1.82) is 0 Å². The maximum absolute atomic E-state index is 13.0. The van der Waals surface area contributed by atoms with Crippen molar-refractivity contribution in [3.05, 3.63) is 90.2 Å². The van der Waals surface area contributed by atoms with E-state index in [9.17, 15) is 14.6 Å². The van der Waals surface area contributed by atoms with Crippen LogP contribution in [0.2, 0.25) is 0 Å².